The maximum Gasteiger partial charge on any atom is 0.263 e. The molecule has 1 saturated heterocycles. The monoisotopic (exact) mass is 248 g/mol. The van der Waals surface area contributed by atoms with Crippen molar-refractivity contribution in [3.63, 3.8) is 0 Å². The average Bonchev–Trinajstić information content (AvgIpc) is 2.82. The second-order valence-electron chi connectivity index (χ2n) is 4.68. The lowest BCUT2D eigenvalue weighted by atomic mass is 10.2. The first-order valence-corrected chi connectivity index (χ1v) is 6.32. The maximum absolute atomic E-state index is 12.4. The molecule has 1 unspecified atom stereocenters. The lowest BCUT2D eigenvalue weighted by molar-refractivity contribution is -0.183. The predicted molar refractivity (Wildman–Crippen MR) is 69.7 cm³/mol. The van der Waals surface area contributed by atoms with Gasteiger partial charge in [0.1, 0.15) is 0 Å². The highest BCUT2D eigenvalue weighted by Gasteiger charge is 2.31. The third kappa shape index (κ3) is 2.89. The number of nitrogens with zero attached hydrogens (tertiary/aromatic N) is 2. The quantitative estimate of drug-likeness (QED) is 0.760. The molecule has 1 aromatic rings. The number of rotatable bonds is 4. The smallest absolute Gasteiger partial charge is 0.263 e. The number of carbonyl (C=O) groups excluding carboxylic acids is 1. The number of likely N-dealkylation sites (tertiary alicyclic amines) is 1. The van der Waals surface area contributed by atoms with Crippen LogP contribution in [0.4, 0.5) is 0 Å². The van der Waals surface area contributed by atoms with Gasteiger partial charge < -0.3 is 0 Å². The second kappa shape index (κ2) is 5.98. The van der Waals surface area contributed by atoms with Gasteiger partial charge >= 0.3 is 0 Å². The van der Waals surface area contributed by atoms with E-state index in [4.69, 9.17) is 4.84 Å². The van der Waals surface area contributed by atoms with Crippen molar-refractivity contribution >= 4 is 5.91 Å². The summed E-state index contributed by atoms with van der Waals surface area (Å²) in [5.41, 5.74) is 1.08. The number of carbonyl (C=O) groups is 1. The fraction of sp³-hybridized carbons (Fsp3) is 0.500. The molecular formula is C14H20N2O2. The van der Waals surface area contributed by atoms with E-state index in [9.17, 15) is 4.79 Å². The first-order valence-electron chi connectivity index (χ1n) is 6.32. The molecule has 0 radical (unpaired) electrons. The van der Waals surface area contributed by atoms with Gasteiger partial charge in [-0.25, -0.2) is 5.06 Å². The Balaban J connectivity index is 2.02. The van der Waals surface area contributed by atoms with Crippen molar-refractivity contribution in [3.8, 4) is 0 Å². The van der Waals surface area contributed by atoms with E-state index < -0.39 is 0 Å². The molecule has 0 spiro atoms. The highest BCUT2D eigenvalue weighted by atomic mass is 16.7. The molecule has 1 fully saturated rings. The zero-order valence-electron chi connectivity index (χ0n) is 11.0. The molecule has 0 bridgehead atoms. The number of likely N-dealkylation sites (N-methyl/N-ethyl adjacent to an activating group) is 1. The van der Waals surface area contributed by atoms with Gasteiger partial charge in [-0.2, -0.15) is 0 Å². The lowest BCUT2D eigenvalue weighted by Gasteiger charge is -2.26. The van der Waals surface area contributed by atoms with Gasteiger partial charge in [0, 0.05) is 0 Å². The van der Waals surface area contributed by atoms with Crippen LogP contribution in [0.1, 0.15) is 18.4 Å². The number of hydroxylamine groups is 2. The summed E-state index contributed by atoms with van der Waals surface area (Å²) < 4.78 is 0. The van der Waals surface area contributed by atoms with Crippen LogP contribution in [0.15, 0.2) is 30.3 Å². The normalized spacial score (nSPS) is 20.0. The van der Waals surface area contributed by atoms with Gasteiger partial charge in [-0.1, -0.05) is 30.3 Å². The van der Waals surface area contributed by atoms with Crippen LogP contribution >= 0.6 is 0 Å². The largest absolute Gasteiger partial charge is 0.295 e. The van der Waals surface area contributed by atoms with Gasteiger partial charge in [0.25, 0.3) is 5.91 Å². The van der Waals surface area contributed by atoms with Crippen LogP contribution in [0, 0.1) is 0 Å². The minimum absolute atomic E-state index is 0.0336. The molecule has 0 saturated carbocycles. The standard InChI is InChI=1S/C14H20N2O2/c1-15-10-6-9-13(15)14(17)16(18-2)11-12-7-4-3-5-8-12/h3-5,7-8,13H,6,9-11H2,1-2H3. The van der Waals surface area contributed by atoms with Crippen LogP contribution in [-0.2, 0) is 16.2 Å². The predicted octanol–water partition coefficient (Wildman–Crippen LogP) is 1.67. The molecule has 0 N–H and O–H groups in total. The SMILES string of the molecule is CON(Cc1ccccc1)C(=O)C1CCCN1C. The minimum Gasteiger partial charge on any atom is -0.295 e. The van der Waals surface area contributed by atoms with Crippen molar-refractivity contribution in [2.45, 2.75) is 25.4 Å². The molecule has 0 aliphatic carbocycles. The highest BCUT2D eigenvalue weighted by molar-refractivity contribution is 5.81. The van der Waals surface area contributed by atoms with Crippen molar-refractivity contribution in [2.75, 3.05) is 20.7 Å². The van der Waals surface area contributed by atoms with Crippen LogP contribution in [0.3, 0.4) is 0 Å². The average molecular weight is 248 g/mol. The van der Waals surface area contributed by atoms with Gasteiger partial charge in [-0.05, 0) is 32.0 Å². The fourth-order valence-corrected chi connectivity index (χ4v) is 2.37. The Hall–Kier alpha value is -1.39. The summed E-state index contributed by atoms with van der Waals surface area (Å²) in [4.78, 5) is 19.7. The summed E-state index contributed by atoms with van der Waals surface area (Å²) in [6, 6.07) is 9.86. The number of benzene rings is 1. The third-order valence-corrected chi connectivity index (χ3v) is 3.44. The van der Waals surface area contributed by atoms with Crippen LogP contribution < -0.4 is 0 Å². The zero-order chi connectivity index (χ0) is 13.0. The molecule has 98 valence electrons. The summed E-state index contributed by atoms with van der Waals surface area (Å²) in [6.45, 7) is 1.49. The first kappa shape index (κ1) is 13.1. The lowest BCUT2D eigenvalue weighted by Crippen LogP contribution is -2.43. The van der Waals surface area contributed by atoms with Crippen molar-refractivity contribution in [1.82, 2.24) is 9.96 Å². The Labute approximate surface area is 108 Å². The van der Waals surface area contributed by atoms with E-state index in [0.717, 1.165) is 24.9 Å². The van der Waals surface area contributed by atoms with Gasteiger partial charge in [0.2, 0.25) is 0 Å². The topological polar surface area (TPSA) is 32.8 Å². The van der Waals surface area contributed by atoms with Gasteiger partial charge in [0.05, 0.1) is 19.7 Å². The highest BCUT2D eigenvalue weighted by Crippen LogP contribution is 2.18. The van der Waals surface area contributed by atoms with Crippen molar-refractivity contribution in [3.05, 3.63) is 35.9 Å². The summed E-state index contributed by atoms with van der Waals surface area (Å²) in [6.07, 6.45) is 2.00. The van der Waals surface area contributed by atoms with E-state index in [1.54, 1.807) is 7.11 Å². The van der Waals surface area contributed by atoms with Gasteiger partial charge in [-0.3, -0.25) is 14.5 Å². The van der Waals surface area contributed by atoms with E-state index in [0.29, 0.717) is 6.54 Å². The molecule has 1 aromatic carbocycles. The Morgan fingerprint density at radius 1 is 1.44 bits per heavy atom. The van der Waals surface area contributed by atoms with Crippen molar-refractivity contribution in [2.24, 2.45) is 0 Å². The molecule has 1 atom stereocenters. The van der Waals surface area contributed by atoms with Crippen LogP contribution in [0.5, 0.6) is 0 Å². The molecule has 1 aliphatic rings. The first-order chi connectivity index (χ1) is 8.72. The fourth-order valence-electron chi connectivity index (χ4n) is 2.37. The Morgan fingerprint density at radius 2 is 2.17 bits per heavy atom. The second-order valence-corrected chi connectivity index (χ2v) is 4.68. The zero-order valence-corrected chi connectivity index (χ0v) is 11.0. The van der Waals surface area contributed by atoms with Gasteiger partial charge in [-0.15, -0.1) is 0 Å². The van der Waals surface area contributed by atoms with Crippen molar-refractivity contribution < 1.29 is 9.63 Å². The molecule has 1 heterocycles. The maximum atomic E-state index is 12.4. The molecule has 0 aromatic heterocycles. The molecule has 2 rings (SSSR count). The van der Waals surface area contributed by atoms with E-state index in [2.05, 4.69) is 4.90 Å². The summed E-state index contributed by atoms with van der Waals surface area (Å²) in [5.74, 6) is 0.0568. The van der Waals surface area contributed by atoms with Crippen molar-refractivity contribution in [1.29, 1.82) is 0 Å². The molecule has 1 amide bonds. The number of amides is 1. The van der Waals surface area contributed by atoms with E-state index in [-0.39, 0.29) is 11.9 Å². The van der Waals surface area contributed by atoms with E-state index in [1.165, 1.54) is 5.06 Å². The minimum atomic E-state index is -0.0336. The molecule has 4 heteroatoms. The Bertz CT molecular complexity index is 394. The van der Waals surface area contributed by atoms with Crippen LogP contribution in [0.2, 0.25) is 0 Å². The molecule has 1 aliphatic heterocycles. The third-order valence-electron chi connectivity index (χ3n) is 3.44. The van der Waals surface area contributed by atoms with E-state index in [1.807, 2.05) is 37.4 Å². The van der Waals surface area contributed by atoms with E-state index >= 15 is 0 Å². The molecular weight excluding hydrogens is 228 g/mol. The number of hydrogen-bond acceptors (Lipinski definition) is 3. The van der Waals surface area contributed by atoms with Crippen LogP contribution in [-0.4, -0.2) is 42.6 Å². The summed E-state index contributed by atoms with van der Waals surface area (Å²) in [5, 5.41) is 1.46. The molecule has 18 heavy (non-hydrogen) atoms. The van der Waals surface area contributed by atoms with Gasteiger partial charge in [0.15, 0.2) is 0 Å². The summed E-state index contributed by atoms with van der Waals surface area (Å²) in [7, 11) is 3.54. The van der Waals surface area contributed by atoms with Crippen LogP contribution in [0.25, 0.3) is 0 Å². The number of hydrogen-bond donors (Lipinski definition) is 0. The molecule has 4 nitrogen and oxygen atoms in total. The Morgan fingerprint density at radius 3 is 2.72 bits per heavy atom. The summed E-state index contributed by atoms with van der Waals surface area (Å²) >= 11 is 0. The Kier molecular flexibility index (Phi) is 4.33.